The van der Waals surface area contributed by atoms with Crippen LogP contribution in [0, 0.1) is 0 Å². The van der Waals surface area contributed by atoms with Crippen molar-refractivity contribution >= 4 is 10.8 Å². The fourth-order valence-electron chi connectivity index (χ4n) is 2.21. The Kier molecular flexibility index (Phi) is 2.83. The molecule has 0 spiro atoms. The molecule has 1 aliphatic carbocycles. The van der Waals surface area contributed by atoms with E-state index >= 15 is 0 Å². The molecule has 1 unspecified atom stereocenters. The second kappa shape index (κ2) is 4.47. The van der Waals surface area contributed by atoms with Crippen LogP contribution in [0.2, 0.25) is 0 Å². The maximum absolute atomic E-state index is 9.47. The molecule has 0 radical (unpaired) electrons. The van der Waals surface area contributed by atoms with E-state index in [2.05, 4.69) is 35.6 Å². The van der Waals surface area contributed by atoms with Gasteiger partial charge in [-0.1, -0.05) is 36.4 Å². The topological polar surface area (TPSA) is 32.3 Å². The van der Waals surface area contributed by atoms with Crippen LogP contribution >= 0.6 is 0 Å². The molecular weight excluding hydrogens is 210 g/mol. The Bertz CT molecular complexity index is 519. The molecule has 2 heteroatoms. The summed E-state index contributed by atoms with van der Waals surface area (Å²) < 4.78 is 0. The first-order valence-corrected chi connectivity index (χ1v) is 6.22. The zero-order chi connectivity index (χ0) is 11.7. The van der Waals surface area contributed by atoms with Crippen LogP contribution in [0.5, 0.6) is 0 Å². The first kappa shape index (κ1) is 10.8. The minimum atomic E-state index is 0.0760. The third kappa shape index (κ3) is 2.33. The van der Waals surface area contributed by atoms with Gasteiger partial charge < -0.3 is 10.4 Å². The summed E-state index contributed by atoms with van der Waals surface area (Å²) >= 11 is 0. The van der Waals surface area contributed by atoms with E-state index in [1.165, 1.54) is 29.2 Å². The Hall–Kier alpha value is -1.38. The lowest BCUT2D eigenvalue weighted by Gasteiger charge is -2.16. The molecule has 1 atom stereocenters. The molecule has 2 aromatic rings. The fourth-order valence-corrected chi connectivity index (χ4v) is 2.21. The van der Waals surface area contributed by atoms with Crippen molar-refractivity contribution in [3.63, 3.8) is 0 Å². The summed E-state index contributed by atoms with van der Waals surface area (Å²) in [5.74, 6) is 0. The van der Waals surface area contributed by atoms with Crippen molar-refractivity contribution < 1.29 is 5.11 Å². The monoisotopic (exact) mass is 227 g/mol. The SMILES string of the molecule is OCC(NC1CC1)c1ccc2ccccc2c1. The predicted molar refractivity (Wildman–Crippen MR) is 69.9 cm³/mol. The normalized spacial score (nSPS) is 17.2. The summed E-state index contributed by atoms with van der Waals surface area (Å²) in [6.07, 6.45) is 2.48. The Morgan fingerprint density at radius 2 is 1.88 bits per heavy atom. The van der Waals surface area contributed by atoms with Crippen molar-refractivity contribution in [1.29, 1.82) is 0 Å². The third-order valence-corrected chi connectivity index (χ3v) is 3.37. The van der Waals surface area contributed by atoms with Crippen molar-refractivity contribution in [3.8, 4) is 0 Å². The largest absolute Gasteiger partial charge is 0.394 e. The molecule has 0 heterocycles. The molecule has 2 N–H and O–H groups in total. The number of fused-ring (bicyclic) bond motifs is 1. The Morgan fingerprint density at radius 3 is 2.59 bits per heavy atom. The molecule has 88 valence electrons. The maximum atomic E-state index is 9.47. The highest BCUT2D eigenvalue weighted by molar-refractivity contribution is 5.83. The van der Waals surface area contributed by atoms with Gasteiger partial charge in [-0.25, -0.2) is 0 Å². The quantitative estimate of drug-likeness (QED) is 0.841. The van der Waals surface area contributed by atoms with Crippen LogP contribution < -0.4 is 5.32 Å². The van der Waals surface area contributed by atoms with Gasteiger partial charge in [0.25, 0.3) is 0 Å². The predicted octanol–water partition coefficient (Wildman–Crippen LogP) is 2.63. The number of hydrogen-bond acceptors (Lipinski definition) is 2. The third-order valence-electron chi connectivity index (χ3n) is 3.37. The van der Waals surface area contributed by atoms with Gasteiger partial charge in [-0.3, -0.25) is 0 Å². The van der Waals surface area contributed by atoms with E-state index in [1.807, 2.05) is 12.1 Å². The number of rotatable bonds is 4. The second-order valence-corrected chi connectivity index (χ2v) is 4.78. The number of aliphatic hydroxyl groups is 1. The van der Waals surface area contributed by atoms with E-state index in [0.29, 0.717) is 6.04 Å². The van der Waals surface area contributed by atoms with Crippen LogP contribution in [0.4, 0.5) is 0 Å². The highest BCUT2D eigenvalue weighted by Crippen LogP contribution is 2.25. The molecule has 17 heavy (non-hydrogen) atoms. The highest BCUT2D eigenvalue weighted by atomic mass is 16.3. The van der Waals surface area contributed by atoms with E-state index in [4.69, 9.17) is 0 Å². The van der Waals surface area contributed by atoms with Crippen molar-refractivity contribution in [1.82, 2.24) is 5.32 Å². The van der Waals surface area contributed by atoms with Crippen LogP contribution in [0.3, 0.4) is 0 Å². The number of aliphatic hydroxyl groups excluding tert-OH is 1. The van der Waals surface area contributed by atoms with E-state index in [1.54, 1.807) is 0 Å². The van der Waals surface area contributed by atoms with Gasteiger partial charge in [0.1, 0.15) is 0 Å². The first-order chi connectivity index (χ1) is 8.36. The molecule has 0 bridgehead atoms. The summed E-state index contributed by atoms with van der Waals surface area (Å²) in [5, 5.41) is 15.4. The fraction of sp³-hybridized carbons (Fsp3) is 0.333. The van der Waals surface area contributed by atoms with Crippen molar-refractivity contribution in [2.45, 2.75) is 24.9 Å². The second-order valence-electron chi connectivity index (χ2n) is 4.78. The van der Waals surface area contributed by atoms with Gasteiger partial charge >= 0.3 is 0 Å². The molecule has 2 nitrogen and oxygen atoms in total. The van der Waals surface area contributed by atoms with Gasteiger partial charge in [0.15, 0.2) is 0 Å². The average Bonchev–Trinajstić information content (AvgIpc) is 3.19. The Labute approximate surface area is 101 Å². The average molecular weight is 227 g/mol. The van der Waals surface area contributed by atoms with Gasteiger partial charge in [-0.05, 0) is 35.2 Å². The molecule has 3 rings (SSSR count). The van der Waals surface area contributed by atoms with E-state index in [-0.39, 0.29) is 12.6 Å². The zero-order valence-electron chi connectivity index (χ0n) is 9.76. The zero-order valence-corrected chi connectivity index (χ0v) is 9.76. The molecule has 2 aromatic carbocycles. The Morgan fingerprint density at radius 1 is 1.12 bits per heavy atom. The van der Waals surface area contributed by atoms with Crippen LogP contribution in [0.25, 0.3) is 10.8 Å². The molecule has 0 amide bonds. The summed E-state index contributed by atoms with van der Waals surface area (Å²) in [6.45, 7) is 0.162. The molecule has 0 aromatic heterocycles. The molecular formula is C15H17NO. The van der Waals surface area contributed by atoms with Crippen LogP contribution in [0.15, 0.2) is 42.5 Å². The minimum Gasteiger partial charge on any atom is -0.394 e. The smallest absolute Gasteiger partial charge is 0.0626 e. The lowest BCUT2D eigenvalue weighted by molar-refractivity contribution is 0.243. The highest BCUT2D eigenvalue weighted by Gasteiger charge is 2.24. The molecule has 1 aliphatic rings. The summed E-state index contributed by atoms with van der Waals surface area (Å²) in [4.78, 5) is 0. The first-order valence-electron chi connectivity index (χ1n) is 6.22. The molecule has 0 aliphatic heterocycles. The van der Waals surface area contributed by atoms with Crippen molar-refractivity contribution in [2.24, 2.45) is 0 Å². The lowest BCUT2D eigenvalue weighted by atomic mass is 10.0. The van der Waals surface area contributed by atoms with E-state index in [0.717, 1.165) is 0 Å². The van der Waals surface area contributed by atoms with Crippen LogP contribution in [-0.2, 0) is 0 Å². The van der Waals surface area contributed by atoms with E-state index < -0.39 is 0 Å². The van der Waals surface area contributed by atoms with Crippen LogP contribution in [-0.4, -0.2) is 17.8 Å². The van der Waals surface area contributed by atoms with Gasteiger partial charge in [0.05, 0.1) is 12.6 Å². The van der Waals surface area contributed by atoms with Gasteiger partial charge in [0.2, 0.25) is 0 Å². The number of nitrogens with one attached hydrogen (secondary N) is 1. The lowest BCUT2D eigenvalue weighted by Crippen LogP contribution is -2.26. The van der Waals surface area contributed by atoms with Gasteiger partial charge in [0, 0.05) is 6.04 Å². The number of hydrogen-bond donors (Lipinski definition) is 2. The number of benzene rings is 2. The molecule has 0 saturated heterocycles. The van der Waals surface area contributed by atoms with Crippen molar-refractivity contribution in [2.75, 3.05) is 6.61 Å². The van der Waals surface area contributed by atoms with Gasteiger partial charge in [-0.15, -0.1) is 0 Å². The van der Waals surface area contributed by atoms with E-state index in [9.17, 15) is 5.11 Å². The minimum absolute atomic E-state index is 0.0760. The maximum Gasteiger partial charge on any atom is 0.0626 e. The summed E-state index contributed by atoms with van der Waals surface area (Å²) in [6, 6.07) is 15.4. The summed E-state index contributed by atoms with van der Waals surface area (Å²) in [7, 11) is 0. The standard InChI is InChI=1S/C15H17NO/c17-10-15(16-14-7-8-14)13-6-5-11-3-1-2-4-12(11)9-13/h1-6,9,14-17H,7-8,10H2. The summed E-state index contributed by atoms with van der Waals surface area (Å²) in [5.41, 5.74) is 1.18. The van der Waals surface area contributed by atoms with Crippen LogP contribution in [0.1, 0.15) is 24.4 Å². The van der Waals surface area contributed by atoms with Gasteiger partial charge in [-0.2, -0.15) is 0 Å². The molecule has 1 fully saturated rings. The van der Waals surface area contributed by atoms with Crippen molar-refractivity contribution in [3.05, 3.63) is 48.0 Å². The Balaban J connectivity index is 1.92. The molecule has 1 saturated carbocycles.